The van der Waals surface area contributed by atoms with Crippen LogP contribution >= 0.6 is 0 Å². The van der Waals surface area contributed by atoms with E-state index in [1.54, 1.807) is 6.26 Å². The number of Topliss-reactive ketones (excluding diaryl/α,β-unsaturated/α-hetero) is 1. The van der Waals surface area contributed by atoms with Crippen LogP contribution in [0.2, 0.25) is 0 Å². The van der Waals surface area contributed by atoms with E-state index in [0.29, 0.717) is 37.9 Å². The molecule has 4 rings (SSSR count). The SMILES string of the molecule is CCOc1nc(NCc2ccco2)nc(Nc2ccc3c(c2)CC(=O)C3)n1. The lowest BCUT2D eigenvalue weighted by molar-refractivity contribution is -0.117. The summed E-state index contributed by atoms with van der Waals surface area (Å²) in [5, 5.41) is 6.26. The second kappa shape index (κ2) is 7.45. The van der Waals surface area contributed by atoms with Crippen LogP contribution in [0.25, 0.3) is 0 Å². The van der Waals surface area contributed by atoms with Crippen LogP contribution in [0.15, 0.2) is 41.0 Å². The summed E-state index contributed by atoms with van der Waals surface area (Å²) in [5.74, 6) is 1.75. The van der Waals surface area contributed by atoms with Crippen LogP contribution in [0, 0.1) is 0 Å². The Kier molecular flexibility index (Phi) is 4.69. The van der Waals surface area contributed by atoms with Gasteiger partial charge in [0.05, 0.1) is 19.4 Å². The fourth-order valence-corrected chi connectivity index (χ4v) is 2.92. The first kappa shape index (κ1) is 17.0. The summed E-state index contributed by atoms with van der Waals surface area (Å²) in [6, 6.07) is 9.75. The predicted octanol–water partition coefficient (Wildman–Crippen LogP) is 2.89. The number of ether oxygens (including phenoxy) is 1. The summed E-state index contributed by atoms with van der Waals surface area (Å²) < 4.78 is 10.7. The molecule has 0 atom stereocenters. The highest BCUT2D eigenvalue weighted by Crippen LogP contribution is 2.25. The van der Waals surface area contributed by atoms with Crippen molar-refractivity contribution in [3.63, 3.8) is 0 Å². The molecule has 2 N–H and O–H groups in total. The number of hydrogen-bond donors (Lipinski definition) is 2. The highest BCUT2D eigenvalue weighted by molar-refractivity contribution is 5.88. The molecule has 0 unspecified atom stereocenters. The van der Waals surface area contributed by atoms with Crippen LogP contribution in [0.5, 0.6) is 6.01 Å². The van der Waals surface area contributed by atoms with Crippen molar-refractivity contribution < 1.29 is 13.9 Å². The molecule has 1 aliphatic carbocycles. The van der Waals surface area contributed by atoms with Crippen molar-refractivity contribution in [2.24, 2.45) is 0 Å². The average Bonchev–Trinajstić information content (AvgIpc) is 3.28. The molecule has 0 radical (unpaired) electrons. The zero-order valence-corrected chi connectivity index (χ0v) is 14.9. The highest BCUT2D eigenvalue weighted by Gasteiger charge is 2.18. The van der Waals surface area contributed by atoms with E-state index in [1.807, 2.05) is 37.3 Å². The summed E-state index contributed by atoms with van der Waals surface area (Å²) in [6.07, 6.45) is 2.60. The van der Waals surface area contributed by atoms with Gasteiger partial charge in [-0.25, -0.2) is 0 Å². The summed E-state index contributed by atoms with van der Waals surface area (Å²) in [4.78, 5) is 24.5. The molecule has 2 aromatic heterocycles. The maximum atomic E-state index is 11.6. The van der Waals surface area contributed by atoms with Gasteiger partial charge in [-0.1, -0.05) is 6.07 Å². The first-order chi connectivity index (χ1) is 13.2. The maximum Gasteiger partial charge on any atom is 0.323 e. The number of nitrogens with zero attached hydrogens (tertiary/aromatic N) is 3. The number of fused-ring (bicyclic) bond motifs is 1. The largest absolute Gasteiger partial charge is 0.467 e. The van der Waals surface area contributed by atoms with Gasteiger partial charge < -0.3 is 19.8 Å². The lowest BCUT2D eigenvalue weighted by Gasteiger charge is -2.10. The van der Waals surface area contributed by atoms with Gasteiger partial charge in [0.1, 0.15) is 11.5 Å². The van der Waals surface area contributed by atoms with E-state index in [-0.39, 0.29) is 11.8 Å². The molecule has 0 amide bonds. The van der Waals surface area contributed by atoms with Crippen molar-refractivity contribution in [1.82, 2.24) is 15.0 Å². The van der Waals surface area contributed by atoms with E-state index < -0.39 is 0 Å². The molecule has 3 aromatic rings. The Morgan fingerprint density at radius 3 is 2.78 bits per heavy atom. The molecule has 0 saturated heterocycles. The third kappa shape index (κ3) is 4.05. The van der Waals surface area contributed by atoms with Crippen LogP contribution in [0.3, 0.4) is 0 Å². The number of furan rings is 1. The first-order valence-corrected chi connectivity index (χ1v) is 8.75. The fraction of sp³-hybridized carbons (Fsp3) is 0.263. The van der Waals surface area contributed by atoms with Crippen molar-refractivity contribution >= 4 is 23.4 Å². The van der Waals surface area contributed by atoms with Gasteiger partial charge in [-0.3, -0.25) is 4.79 Å². The minimum atomic E-state index is 0.230. The van der Waals surface area contributed by atoms with Crippen molar-refractivity contribution in [3.05, 3.63) is 53.5 Å². The van der Waals surface area contributed by atoms with Gasteiger partial charge in [0.15, 0.2) is 0 Å². The third-order valence-electron chi connectivity index (χ3n) is 4.13. The van der Waals surface area contributed by atoms with E-state index in [2.05, 4.69) is 25.6 Å². The minimum absolute atomic E-state index is 0.230. The Bertz CT molecular complexity index is 956. The average molecular weight is 365 g/mol. The number of aromatic nitrogens is 3. The molecular formula is C19H19N5O3. The van der Waals surface area contributed by atoms with E-state index in [1.165, 1.54) is 0 Å². The Hall–Kier alpha value is -3.42. The van der Waals surface area contributed by atoms with Crippen LogP contribution < -0.4 is 15.4 Å². The van der Waals surface area contributed by atoms with Gasteiger partial charge in [-0.05, 0) is 42.3 Å². The number of nitrogens with one attached hydrogen (secondary N) is 2. The van der Waals surface area contributed by atoms with E-state index in [4.69, 9.17) is 9.15 Å². The van der Waals surface area contributed by atoms with Crippen LogP contribution in [-0.4, -0.2) is 27.3 Å². The van der Waals surface area contributed by atoms with E-state index in [0.717, 1.165) is 22.6 Å². The Morgan fingerprint density at radius 2 is 1.96 bits per heavy atom. The molecular weight excluding hydrogens is 346 g/mol. The number of benzene rings is 1. The number of hydrogen-bond acceptors (Lipinski definition) is 8. The predicted molar refractivity (Wildman–Crippen MR) is 99.2 cm³/mol. The van der Waals surface area contributed by atoms with Gasteiger partial charge in [0.2, 0.25) is 11.9 Å². The van der Waals surface area contributed by atoms with Gasteiger partial charge in [-0.2, -0.15) is 15.0 Å². The topological polar surface area (TPSA) is 102 Å². The fourth-order valence-electron chi connectivity index (χ4n) is 2.92. The quantitative estimate of drug-likeness (QED) is 0.659. The molecule has 0 aliphatic heterocycles. The smallest absolute Gasteiger partial charge is 0.323 e. The van der Waals surface area contributed by atoms with Gasteiger partial charge in [0, 0.05) is 18.5 Å². The first-order valence-electron chi connectivity index (χ1n) is 8.75. The van der Waals surface area contributed by atoms with E-state index in [9.17, 15) is 4.79 Å². The molecule has 1 aromatic carbocycles. The Morgan fingerprint density at radius 1 is 1.11 bits per heavy atom. The zero-order valence-electron chi connectivity index (χ0n) is 14.9. The molecule has 0 saturated carbocycles. The number of ketones is 1. The lowest BCUT2D eigenvalue weighted by Crippen LogP contribution is -2.09. The van der Waals surface area contributed by atoms with Gasteiger partial charge in [0.25, 0.3) is 0 Å². The number of rotatable bonds is 7. The zero-order chi connectivity index (χ0) is 18.6. The molecule has 8 nitrogen and oxygen atoms in total. The van der Waals surface area contributed by atoms with Crippen molar-refractivity contribution in [3.8, 4) is 6.01 Å². The van der Waals surface area contributed by atoms with E-state index >= 15 is 0 Å². The highest BCUT2D eigenvalue weighted by atomic mass is 16.5. The molecule has 2 heterocycles. The summed E-state index contributed by atoms with van der Waals surface area (Å²) >= 11 is 0. The van der Waals surface area contributed by atoms with Gasteiger partial charge in [-0.15, -0.1) is 0 Å². The molecule has 27 heavy (non-hydrogen) atoms. The van der Waals surface area contributed by atoms with Crippen molar-refractivity contribution in [2.75, 3.05) is 17.2 Å². The molecule has 8 heteroatoms. The van der Waals surface area contributed by atoms with Crippen molar-refractivity contribution in [2.45, 2.75) is 26.3 Å². The third-order valence-corrected chi connectivity index (χ3v) is 4.13. The standard InChI is InChI=1S/C19H19N5O3/c1-2-26-19-23-17(20-11-16-4-3-7-27-16)22-18(24-19)21-14-6-5-12-9-15(25)10-13(12)8-14/h3-8H,2,9-11H2,1H3,(H2,20,21,22,23,24). The molecule has 1 aliphatic rings. The Balaban J connectivity index is 1.54. The van der Waals surface area contributed by atoms with Crippen LogP contribution in [0.4, 0.5) is 17.6 Å². The second-order valence-electron chi connectivity index (χ2n) is 6.13. The Labute approximate surface area is 156 Å². The van der Waals surface area contributed by atoms with Crippen molar-refractivity contribution in [1.29, 1.82) is 0 Å². The molecule has 0 fully saturated rings. The number of anilines is 3. The molecule has 138 valence electrons. The summed E-state index contributed by atoms with van der Waals surface area (Å²) in [5.41, 5.74) is 2.94. The number of carbonyl (C=O) groups is 1. The lowest BCUT2D eigenvalue weighted by atomic mass is 10.1. The monoisotopic (exact) mass is 365 g/mol. The van der Waals surface area contributed by atoms with Crippen LogP contribution in [0.1, 0.15) is 23.8 Å². The summed E-state index contributed by atoms with van der Waals surface area (Å²) in [6.45, 7) is 2.76. The van der Waals surface area contributed by atoms with Crippen LogP contribution in [-0.2, 0) is 24.2 Å². The molecule has 0 spiro atoms. The summed E-state index contributed by atoms with van der Waals surface area (Å²) in [7, 11) is 0. The van der Waals surface area contributed by atoms with Gasteiger partial charge >= 0.3 is 6.01 Å². The second-order valence-corrected chi connectivity index (χ2v) is 6.13. The normalized spacial score (nSPS) is 12.7. The minimum Gasteiger partial charge on any atom is -0.467 e. The molecule has 0 bridgehead atoms. The maximum absolute atomic E-state index is 11.6. The number of carbonyl (C=O) groups excluding carboxylic acids is 1.